The molecule has 5 heteroatoms. The number of pyridine rings is 1. The first kappa shape index (κ1) is 11.5. The molecule has 0 aliphatic rings. The van der Waals surface area contributed by atoms with Crippen molar-refractivity contribution in [1.29, 1.82) is 0 Å². The van der Waals surface area contributed by atoms with E-state index in [-0.39, 0.29) is 12.2 Å². The molecule has 3 aromatic rings. The Bertz CT molecular complexity index is 749. The molecule has 3 rings (SSSR count). The first-order valence-corrected chi connectivity index (χ1v) is 5.90. The third kappa shape index (κ3) is 2.35. The van der Waals surface area contributed by atoms with E-state index < -0.39 is 0 Å². The summed E-state index contributed by atoms with van der Waals surface area (Å²) in [5, 5.41) is 4.90. The molecule has 0 spiro atoms. The van der Waals surface area contributed by atoms with Gasteiger partial charge in [-0.1, -0.05) is 29.4 Å². The number of fused-ring (bicyclic) bond motifs is 1. The lowest BCUT2D eigenvalue weighted by Gasteiger charge is -1.98. The van der Waals surface area contributed by atoms with Crippen LogP contribution in [0.2, 0.25) is 0 Å². The second-order valence-electron chi connectivity index (χ2n) is 4.28. The number of rotatable bonds is 3. The van der Waals surface area contributed by atoms with Crippen LogP contribution < -0.4 is 0 Å². The average Bonchev–Trinajstić information content (AvgIpc) is 2.86. The summed E-state index contributed by atoms with van der Waals surface area (Å²) in [6.07, 6.45) is 0.153. The highest BCUT2D eigenvalue weighted by atomic mass is 16.5. The molecule has 2 heterocycles. The molecule has 0 aliphatic carbocycles. The van der Waals surface area contributed by atoms with E-state index in [1.807, 2.05) is 36.4 Å². The van der Waals surface area contributed by atoms with Crippen LogP contribution in [-0.2, 0) is 11.2 Å². The van der Waals surface area contributed by atoms with Gasteiger partial charge in [-0.2, -0.15) is 4.98 Å². The van der Waals surface area contributed by atoms with E-state index in [4.69, 9.17) is 4.52 Å². The molecule has 19 heavy (non-hydrogen) atoms. The van der Waals surface area contributed by atoms with Gasteiger partial charge < -0.3 is 4.52 Å². The number of ketones is 1. The van der Waals surface area contributed by atoms with Gasteiger partial charge in [0.25, 0.3) is 0 Å². The highest BCUT2D eigenvalue weighted by Crippen LogP contribution is 2.18. The van der Waals surface area contributed by atoms with Crippen molar-refractivity contribution in [3.05, 3.63) is 42.3 Å². The number of nitrogens with zero attached hydrogens (tertiary/aromatic N) is 3. The number of Topliss-reactive ketones (excluding diaryl/α,β-unsaturated/α-hetero) is 1. The predicted molar refractivity (Wildman–Crippen MR) is 69.4 cm³/mol. The lowest BCUT2D eigenvalue weighted by atomic mass is 10.2. The molecular weight excluding hydrogens is 242 g/mol. The molecule has 0 fully saturated rings. The van der Waals surface area contributed by atoms with E-state index in [9.17, 15) is 4.79 Å². The first-order valence-electron chi connectivity index (χ1n) is 5.90. The fraction of sp³-hybridized carbons (Fsp3) is 0.143. The Morgan fingerprint density at radius 1 is 1.16 bits per heavy atom. The maximum Gasteiger partial charge on any atom is 0.234 e. The number of hydrogen-bond acceptors (Lipinski definition) is 5. The van der Waals surface area contributed by atoms with Crippen LogP contribution in [0.1, 0.15) is 12.8 Å². The smallest absolute Gasteiger partial charge is 0.234 e. The summed E-state index contributed by atoms with van der Waals surface area (Å²) in [6.45, 7) is 1.48. The lowest BCUT2D eigenvalue weighted by Crippen LogP contribution is -1.96. The Hall–Kier alpha value is -2.56. The van der Waals surface area contributed by atoms with Crippen molar-refractivity contribution in [2.24, 2.45) is 0 Å². The summed E-state index contributed by atoms with van der Waals surface area (Å²) >= 11 is 0. The zero-order valence-electron chi connectivity index (χ0n) is 10.3. The predicted octanol–water partition coefficient (Wildman–Crippen LogP) is 2.42. The van der Waals surface area contributed by atoms with Crippen LogP contribution in [0.25, 0.3) is 22.4 Å². The number of carbonyl (C=O) groups excluding carboxylic acids is 1. The van der Waals surface area contributed by atoms with E-state index in [0.29, 0.717) is 17.4 Å². The van der Waals surface area contributed by atoms with E-state index in [0.717, 1.165) is 10.9 Å². The summed E-state index contributed by atoms with van der Waals surface area (Å²) in [5.41, 5.74) is 1.51. The normalized spacial score (nSPS) is 10.8. The number of aromatic nitrogens is 3. The maximum absolute atomic E-state index is 11.0. The van der Waals surface area contributed by atoms with Crippen molar-refractivity contribution < 1.29 is 9.32 Å². The second kappa shape index (κ2) is 4.61. The third-order valence-electron chi connectivity index (χ3n) is 2.70. The summed E-state index contributed by atoms with van der Waals surface area (Å²) in [6, 6.07) is 11.6. The molecule has 0 aliphatic heterocycles. The minimum absolute atomic E-state index is 0.0123. The van der Waals surface area contributed by atoms with Crippen molar-refractivity contribution >= 4 is 16.7 Å². The first-order chi connectivity index (χ1) is 9.22. The maximum atomic E-state index is 11.0. The molecule has 0 bridgehead atoms. The van der Waals surface area contributed by atoms with E-state index >= 15 is 0 Å². The number of hydrogen-bond donors (Lipinski definition) is 0. The van der Waals surface area contributed by atoms with E-state index in [2.05, 4.69) is 15.1 Å². The fourth-order valence-corrected chi connectivity index (χ4v) is 1.83. The SMILES string of the molecule is CC(=O)Cc1nc(-c2ccc3ccccc3n2)no1. The quantitative estimate of drug-likeness (QED) is 0.717. The fourth-order valence-electron chi connectivity index (χ4n) is 1.83. The molecule has 0 unspecified atom stereocenters. The minimum atomic E-state index is -0.0123. The highest BCUT2D eigenvalue weighted by Gasteiger charge is 2.11. The van der Waals surface area contributed by atoms with Crippen LogP contribution in [0.15, 0.2) is 40.9 Å². The third-order valence-corrected chi connectivity index (χ3v) is 2.70. The Kier molecular flexibility index (Phi) is 2.79. The van der Waals surface area contributed by atoms with Gasteiger partial charge in [-0.3, -0.25) is 4.79 Å². The molecule has 94 valence electrons. The molecule has 1 aromatic carbocycles. The van der Waals surface area contributed by atoms with Gasteiger partial charge in [0.1, 0.15) is 11.5 Å². The Morgan fingerprint density at radius 3 is 2.84 bits per heavy atom. The molecule has 0 N–H and O–H groups in total. The number of para-hydroxylation sites is 1. The van der Waals surface area contributed by atoms with Crippen LogP contribution in [0.4, 0.5) is 0 Å². The number of carbonyl (C=O) groups is 1. The van der Waals surface area contributed by atoms with Crippen LogP contribution >= 0.6 is 0 Å². The van der Waals surface area contributed by atoms with Crippen molar-refractivity contribution in [2.45, 2.75) is 13.3 Å². The second-order valence-corrected chi connectivity index (χ2v) is 4.28. The summed E-state index contributed by atoms with van der Waals surface area (Å²) in [5.74, 6) is 0.709. The molecule has 0 radical (unpaired) electrons. The van der Waals surface area contributed by atoms with Gasteiger partial charge in [0.15, 0.2) is 0 Å². The van der Waals surface area contributed by atoms with Gasteiger partial charge in [-0.15, -0.1) is 0 Å². The number of benzene rings is 1. The van der Waals surface area contributed by atoms with Gasteiger partial charge in [0, 0.05) is 5.39 Å². The topological polar surface area (TPSA) is 68.9 Å². The molecule has 0 atom stereocenters. The molecule has 0 saturated heterocycles. The van der Waals surface area contributed by atoms with E-state index in [1.54, 1.807) is 0 Å². The largest absolute Gasteiger partial charge is 0.338 e. The molecule has 0 amide bonds. The Labute approximate surface area is 109 Å². The monoisotopic (exact) mass is 253 g/mol. The van der Waals surface area contributed by atoms with Gasteiger partial charge in [-0.05, 0) is 19.1 Å². The summed E-state index contributed by atoms with van der Waals surface area (Å²) < 4.78 is 5.02. The van der Waals surface area contributed by atoms with Crippen LogP contribution in [0.3, 0.4) is 0 Å². The van der Waals surface area contributed by atoms with Crippen LogP contribution in [0, 0.1) is 0 Å². The van der Waals surface area contributed by atoms with Gasteiger partial charge in [-0.25, -0.2) is 4.98 Å². The van der Waals surface area contributed by atoms with Crippen molar-refractivity contribution in [3.8, 4) is 11.5 Å². The molecule has 5 nitrogen and oxygen atoms in total. The van der Waals surface area contributed by atoms with E-state index in [1.165, 1.54) is 6.92 Å². The standard InChI is InChI=1S/C14H11N3O2/c1-9(18)8-13-16-14(17-19-13)12-7-6-10-4-2-3-5-11(10)15-12/h2-7H,8H2,1H3. The van der Waals surface area contributed by atoms with Crippen molar-refractivity contribution in [2.75, 3.05) is 0 Å². The molecular formula is C14H11N3O2. The zero-order chi connectivity index (χ0) is 13.2. The highest BCUT2D eigenvalue weighted by molar-refractivity contribution is 5.80. The average molecular weight is 253 g/mol. The minimum Gasteiger partial charge on any atom is -0.338 e. The zero-order valence-corrected chi connectivity index (χ0v) is 10.3. The Balaban J connectivity index is 1.99. The van der Waals surface area contributed by atoms with Crippen molar-refractivity contribution in [3.63, 3.8) is 0 Å². The molecule has 2 aromatic heterocycles. The Morgan fingerprint density at radius 2 is 2.00 bits per heavy atom. The van der Waals surface area contributed by atoms with Crippen LogP contribution in [0.5, 0.6) is 0 Å². The van der Waals surface area contributed by atoms with Crippen LogP contribution in [-0.4, -0.2) is 20.9 Å². The molecule has 0 saturated carbocycles. The van der Waals surface area contributed by atoms with Gasteiger partial charge in [0.05, 0.1) is 11.9 Å². The van der Waals surface area contributed by atoms with Crippen molar-refractivity contribution in [1.82, 2.24) is 15.1 Å². The summed E-state index contributed by atoms with van der Waals surface area (Å²) in [4.78, 5) is 19.6. The summed E-state index contributed by atoms with van der Waals surface area (Å²) in [7, 11) is 0. The van der Waals surface area contributed by atoms with Gasteiger partial charge in [0.2, 0.25) is 11.7 Å². The lowest BCUT2D eigenvalue weighted by molar-refractivity contribution is -0.116. The van der Waals surface area contributed by atoms with Gasteiger partial charge >= 0.3 is 0 Å².